The van der Waals surface area contributed by atoms with Crippen molar-refractivity contribution in [2.24, 2.45) is 0 Å². The SMILES string of the molecule is CC.CC.CC.CC.CN(C)c1ccc(N(c2ccccc2)c2ccccc2)cc1.CN(c1ccccc1)c1ccc(N(C)c2ccccc2)cc1.Cc1ccc(-n2c3ccc(C)cc3c3cc(C)ccc32)cc1.Cc1cccc(N2c3ccc(C)cc3Oc3cc(C)ccc32)c1. The molecule has 97 heavy (non-hydrogen) atoms. The number of aryl methyl sites for hydroxylation is 6. The number of fused-ring (bicyclic) bond motifs is 5. The maximum absolute atomic E-state index is 6.18. The minimum absolute atomic E-state index is 0.907. The maximum Gasteiger partial charge on any atom is 0.151 e. The molecule has 0 amide bonds. The number of nitrogens with zero attached hydrogens (tertiary/aromatic N) is 6. The molecular formula is C90H102N6O. The minimum Gasteiger partial charge on any atom is -0.453 e. The first-order chi connectivity index (χ1) is 47.3. The molecular weight excluding hydrogens is 1180 g/mol. The van der Waals surface area contributed by atoms with E-state index in [2.05, 4.69) is 366 Å². The van der Waals surface area contributed by atoms with Crippen LogP contribution in [0.25, 0.3) is 27.5 Å². The van der Waals surface area contributed by atoms with Gasteiger partial charge in [0.05, 0.1) is 22.4 Å². The number of rotatable bonds is 10. The normalized spacial score (nSPS) is 10.4. The second-order valence-electron chi connectivity index (χ2n) is 23.2. The van der Waals surface area contributed by atoms with E-state index in [1.54, 1.807) is 0 Å². The number of para-hydroxylation sites is 4. The zero-order valence-electron chi connectivity index (χ0n) is 60.8. The Labute approximate surface area is 581 Å². The molecule has 0 N–H and O–H groups in total. The van der Waals surface area contributed by atoms with Crippen LogP contribution in [0.15, 0.2) is 291 Å². The molecule has 14 rings (SSSR count). The summed E-state index contributed by atoms with van der Waals surface area (Å²) in [6, 6.07) is 102. The van der Waals surface area contributed by atoms with Crippen LogP contribution in [-0.2, 0) is 0 Å². The molecule has 12 aromatic carbocycles. The molecule has 7 heteroatoms. The summed E-state index contributed by atoms with van der Waals surface area (Å²) in [5.41, 5.74) is 24.0. The molecule has 0 atom stereocenters. The van der Waals surface area contributed by atoms with Gasteiger partial charge in [0.2, 0.25) is 0 Å². The van der Waals surface area contributed by atoms with Gasteiger partial charge in [0.15, 0.2) is 11.5 Å². The van der Waals surface area contributed by atoms with Gasteiger partial charge in [-0.05, 0) is 228 Å². The Kier molecular flexibility index (Phi) is 27.9. The first-order valence-corrected chi connectivity index (χ1v) is 34.5. The van der Waals surface area contributed by atoms with Crippen molar-refractivity contribution in [2.45, 2.75) is 96.9 Å². The number of hydrogen-bond donors (Lipinski definition) is 0. The van der Waals surface area contributed by atoms with Crippen LogP contribution < -0.4 is 29.2 Å². The van der Waals surface area contributed by atoms with E-state index < -0.39 is 0 Å². The second kappa shape index (κ2) is 36.8. The Morgan fingerprint density at radius 2 is 0.577 bits per heavy atom. The fourth-order valence-corrected chi connectivity index (χ4v) is 11.3. The summed E-state index contributed by atoms with van der Waals surface area (Å²) in [5.74, 6) is 1.81. The lowest BCUT2D eigenvalue weighted by Crippen LogP contribution is -2.16. The Bertz CT molecular complexity index is 4240. The molecule has 0 saturated heterocycles. The van der Waals surface area contributed by atoms with E-state index in [1.165, 1.54) is 89.3 Å². The van der Waals surface area contributed by atoms with Crippen molar-refractivity contribution in [1.29, 1.82) is 0 Å². The summed E-state index contributed by atoms with van der Waals surface area (Å²) in [4.78, 5) is 11.0. The Hall–Kier alpha value is -10.8. The second-order valence-corrected chi connectivity index (χ2v) is 23.2. The lowest BCUT2D eigenvalue weighted by atomic mass is 10.1. The highest BCUT2D eigenvalue weighted by Gasteiger charge is 2.26. The third-order valence-corrected chi connectivity index (χ3v) is 16.1. The molecule has 2 heterocycles. The van der Waals surface area contributed by atoms with Crippen LogP contribution in [0.5, 0.6) is 11.5 Å². The van der Waals surface area contributed by atoms with Crippen LogP contribution in [0.4, 0.5) is 62.6 Å². The molecule has 0 aliphatic carbocycles. The molecule has 0 saturated carbocycles. The predicted molar refractivity (Wildman–Crippen MR) is 427 cm³/mol. The highest BCUT2D eigenvalue weighted by atomic mass is 16.5. The molecule has 1 aliphatic heterocycles. The number of ether oxygens (including phenoxy) is 1. The number of hydrogen-bond acceptors (Lipinski definition) is 6. The van der Waals surface area contributed by atoms with E-state index in [0.29, 0.717) is 0 Å². The molecule has 0 fully saturated rings. The molecule has 13 aromatic rings. The molecule has 498 valence electrons. The lowest BCUT2D eigenvalue weighted by molar-refractivity contribution is 0.476. The average molecular weight is 1280 g/mol. The van der Waals surface area contributed by atoms with Crippen molar-refractivity contribution >= 4 is 84.4 Å². The van der Waals surface area contributed by atoms with Crippen molar-refractivity contribution in [3.63, 3.8) is 0 Å². The smallest absolute Gasteiger partial charge is 0.151 e. The third-order valence-electron chi connectivity index (χ3n) is 16.1. The van der Waals surface area contributed by atoms with E-state index in [4.69, 9.17) is 4.74 Å². The van der Waals surface area contributed by atoms with E-state index in [0.717, 1.165) is 45.6 Å². The van der Waals surface area contributed by atoms with Gasteiger partial charge >= 0.3 is 0 Å². The van der Waals surface area contributed by atoms with Crippen LogP contribution in [0, 0.1) is 41.5 Å². The highest BCUT2D eigenvalue weighted by molar-refractivity contribution is 6.09. The molecule has 7 nitrogen and oxygen atoms in total. The van der Waals surface area contributed by atoms with E-state index in [1.807, 2.05) is 79.7 Å². The van der Waals surface area contributed by atoms with Gasteiger partial charge in [-0.15, -0.1) is 0 Å². The molecule has 0 bridgehead atoms. The number of benzene rings is 12. The fourth-order valence-electron chi connectivity index (χ4n) is 11.3. The first-order valence-electron chi connectivity index (χ1n) is 34.5. The van der Waals surface area contributed by atoms with Gasteiger partial charge in [-0.3, -0.25) is 0 Å². The van der Waals surface area contributed by atoms with Gasteiger partial charge in [-0.25, -0.2) is 0 Å². The molecule has 1 aliphatic rings. The Morgan fingerprint density at radius 1 is 0.258 bits per heavy atom. The Balaban J connectivity index is 0.000000176. The summed E-state index contributed by atoms with van der Waals surface area (Å²) in [6.07, 6.45) is 0. The highest BCUT2D eigenvalue weighted by Crippen LogP contribution is 2.51. The summed E-state index contributed by atoms with van der Waals surface area (Å²) in [7, 11) is 8.29. The van der Waals surface area contributed by atoms with Crippen LogP contribution in [0.2, 0.25) is 0 Å². The van der Waals surface area contributed by atoms with Crippen molar-refractivity contribution in [2.75, 3.05) is 52.7 Å². The summed E-state index contributed by atoms with van der Waals surface area (Å²) < 4.78 is 8.54. The third kappa shape index (κ3) is 18.8. The van der Waals surface area contributed by atoms with Gasteiger partial charge < -0.3 is 33.8 Å². The van der Waals surface area contributed by atoms with Crippen LogP contribution >= 0.6 is 0 Å². The first kappa shape index (κ1) is 73.6. The van der Waals surface area contributed by atoms with Gasteiger partial charge in [0.25, 0.3) is 0 Å². The minimum atomic E-state index is 0.907. The molecule has 1 aromatic heterocycles. The quantitative estimate of drug-likeness (QED) is 0.136. The number of aromatic nitrogens is 1. The van der Waals surface area contributed by atoms with Crippen molar-refractivity contribution < 1.29 is 4.74 Å². The van der Waals surface area contributed by atoms with Crippen LogP contribution in [0.1, 0.15) is 88.8 Å². The number of anilines is 11. The zero-order valence-corrected chi connectivity index (χ0v) is 60.8. The van der Waals surface area contributed by atoms with E-state index >= 15 is 0 Å². The summed E-state index contributed by atoms with van der Waals surface area (Å²) in [5, 5.41) is 2.67. The lowest BCUT2D eigenvalue weighted by Gasteiger charge is -2.33. The largest absolute Gasteiger partial charge is 0.453 e. The van der Waals surface area contributed by atoms with E-state index in [9.17, 15) is 0 Å². The van der Waals surface area contributed by atoms with Gasteiger partial charge in [0, 0.05) is 95.8 Å². The summed E-state index contributed by atoms with van der Waals surface area (Å²) in [6.45, 7) is 28.7. The molecule has 0 radical (unpaired) electrons. The predicted octanol–water partition coefficient (Wildman–Crippen LogP) is 26.4. The molecule has 0 spiro atoms. The maximum atomic E-state index is 6.18. The zero-order chi connectivity index (χ0) is 70.0. The van der Waals surface area contributed by atoms with Gasteiger partial charge in [-0.1, -0.05) is 193 Å². The average Bonchev–Trinajstić information content (AvgIpc) is 1.63. The monoisotopic (exact) mass is 1280 g/mol. The van der Waals surface area contributed by atoms with Crippen LogP contribution in [-0.4, -0.2) is 32.8 Å². The topological polar surface area (TPSA) is 30.4 Å². The fraction of sp³-hybridized carbons (Fsp3) is 0.200. The Morgan fingerprint density at radius 3 is 0.969 bits per heavy atom. The standard InChI is InChI=1S/C21H19NO.C21H19N.2C20H20N2.4C2H6/c1-14-5-4-6-17(11-14)22-18-9-7-15(2)12-20(18)23-21-13-16(3)8-10-19(21)22;1-14-4-8-17(9-5-14)22-20-10-6-15(2)12-18(20)19-13-16(3)7-11-21(19)22;1-21(2)17-13-15-20(16-14-17)22(18-9-5-3-6-10-18)19-11-7-4-8-12-19;1-21(17-9-5-3-6-10-17)19-13-15-20(16-14-19)22(2)18-11-7-4-8-12-18;4*1-2/h4-13H,1-3H3;4-13H,1-3H3;2*3-16H,1-2H3;4*1-2H3. The van der Waals surface area contributed by atoms with Gasteiger partial charge in [0.1, 0.15) is 0 Å². The van der Waals surface area contributed by atoms with Gasteiger partial charge in [-0.2, -0.15) is 0 Å². The van der Waals surface area contributed by atoms with Crippen LogP contribution in [0.3, 0.4) is 0 Å². The van der Waals surface area contributed by atoms with Crippen molar-refractivity contribution in [3.8, 4) is 17.2 Å². The van der Waals surface area contributed by atoms with Crippen molar-refractivity contribution in [3.05, 3.63) is 325 Å². The van der Waals surface area contributed by atoms with Crippen molar-refractivity contribution in [1.82, 2.24) is 4.57 Å². The van der Waals surface area contributed by atoms with E-state index in [-0.39, 0.29) is 0 Å². The molecule has 0 unspecified atom stereocenters. The summed E-state index contributed by atoms with van der Waals surface area (Å²) >= 11 is 0.